The topological polar surface area (TPSA) is 95.6 Å². The molecule has 0 fully saturated rings. The van der Waals surface area contributed by atoms with Gasteiger partial charge in [-0.15, -0.1) is 12.4 Å². The quantitative estimate of drug-likeness (QED) is 0.373. The van der Waals surface area contributed by atoms with Gasteiger partial charge in [0.15, 0.2) is 0 Å². The zero-order valence-electron chi connectivity index (χ0n) is 10.7. The number of anilines is 1. The van der Waals surface area contributed by atoms with Crippen LogP contribution in [0.5, 0.6) is 5.75 Å². The van der Waals surface area contributed by atoms with Gasteiger partial charge in [-0.2, -0.15) is 0 Å². The number of hydrogen-bond acceptors (Lipinski definition) is 4. The number of nitrogens with two attached hydrogens (primary N) is 1. The fourth-order valence-corrected chi connectivity index (χ4v) is 1.40. The van der Waals surface area contributed by atoms with Crippen LogP contribution in [0.25, 0.3) is 6.08 Å². The minimum absolute atomic E-state index is 0. The van der Waals surface area contributed by atoms with Crippen molar-refractivity contribution in [2.24, 2.45) is 0 Å². The highest BCUT2D eigenvalue weighted by molar-refractivity contribution is 5.92. The molecule has 0 radical (unpaired) electrons. The number of rotatable bonds is 5. The summed E-state index contributed by atoms with van der Waals surface area (Å²) in [5.41, 5.74) is 6.56. The second-order valence-electron chi connectivity index (χ2n) is 3.95. The Balaban J connectivity index is 0.00000324. The van der Waals surface area contributed by atoms with E-state index in [9.17, 15) is 9.90 Å². The van der Waals surface area contributed by atoms with Gasteiger partial charge in [0, 0.05) is 17.3 Å². The molecule has 106 valence electrons. The number of aliphatic hydroxyl groups excluding tert-OH is 1. The molecule has 19 heavy (non-hydrogen) atoms. The first-order chi connectivity index (χ1) is 8.56. The maximum atomic E-state index is 11.5. The van der Waals surface area contributed by atoms with Crippen molar-refractivity contribution in [1.29, 1.82) is 0 Å². The smallest absolute Gasteiger partial charge is 0.244 e. The lowest BCUT2D eigenvalue weighted by Crippen LogP contribution is -2.35. The molecule has 0 aromatic heterocycles. The monoisotopic (exact) mass is 286 g/mol. The Kier molecular flexibility index (Phi) is 7.63. The first-order valence-electron chi connectivity index (χ1n) is 5.74. The molecule has 0 heterocycles. The Hall–Kier alpha value is -1.72. The Morgan fingerprint density at radius 3 is 2.79 bits per heavy atom. The van der Waals surface area contributed by atoms with Crippen LogP contribution in [0.3, 0.4) is 0 Å². The zero-order chi connectivity index (χ0) is 13.5. The van der Waals surface area contributed by atoms with Crippen LogP contribution in [-0.2, 0) is 4.79 Å². The van der Waals surface area contributed by atoms with Crippen LogP contribution in [-0.4, -0.2) is 28.8 Å². The number of phenols is 1. The van der Waals surface area contributed by atoms with E-state index in [1.54, 1.807) is 12.1 Å². The number of hydrogen-bond donors (Lipinski definition) is 4. The third-order valence-corrected chi connectivity index (χ3v) is 2.53. The van der Waals surface area contributed by atoms with Crippen molar-refractivity contribution in [2.75, 3.05) is 12.3 Å². The molecule has 5 nitrogen and oxygen atoms in total. The minimum Gasteiger partial charge on any atom is -0.507 e. The van der Waals surface area contributed by atoms with Crippen LogP contribution in [0.1, 0.15) is 18.9 Å². The number of carbonyl (C=O) groups excluding carboxylic acids is 1. The van der Waals surface area contributed by atoms with E-state index in [0.29, 0.717) is 17.7 Å². The summed E-state index contributed by atoms with van der Waals surface area (Å²) in [5, 5.41) is 21.1. The van der Waals surface area contributed by atoms with E-state index >= 15 is 0 Å². The molecule has 0 spiro atoms. The van der Waals surface area contributed by atoms with Gasteiger partial charge in [0.05, 0.1) is 12.6 Å². The number of aliphatic hydroxyl groups is 1. The molecule has 0 bridgehead atoms. The van der Waals surface area contributed by atoms with E-state index in [4.69, 9.17) is 10.8 Å². The molecular weight excluding hydrogens is 268 g/mol. The first kappa shape index (κ1) is 17.3. The standard InChI is InChI=1S/C13H18N2O3.ClH/c1-2-11(8-16)15-13(18)6-3-9-7-10(14)4-5-12(9)17;/h3-7,11,16-17H,2,8,14H2,1H3,(H,15,18);1H/b6-3+;. The largest absolute Gasteiger partial charge is 0.507 e. The summed E-state index contributed by atoms with van der Waals surface area (Å²) in [7, 11) is 0. The average Bonchev–Trinajstić information content (AvgIpc) is 2.37. The molecule has 1 atom stereocenters. The van der Waals surface area contributed by atoms with Crippen molar-refractivity contribution >= 4 is 30.1 Å². The van der Waals surface area contributed by atoms with Crippen LogP contribution in [0, 0.1) is 0 Å². The molecule has 6 heteroatoms. The summed E-state index contributed by atoms with van der Waals surface area (Å²) in [6.07, 6.45) is 3.43. The summed E-state index contributed by atoms with van der Waals surface area (Å²) in [6.45, 7) is 1.77. The Bertz CT molecular complexity index is 446. The molecule has 0 aliphatic heterocycles. The third kappa shape index (κ3) is 5.63. The van der Waals surface area contributed by atoms with E-state index in [1.165, 1.54) is 18.2 Å². The normalized spacial score (nSPS) is 11.9. The second-order valence-corrected chi connectivity index (χ2v) is 3.95. The van der Waals surface area contributed by atoms with E-state index in [2.05, 4.69) is 5.32 Å². The highest BCUT2D eigenvalue weighted by Crippen LogP contribution is 2.20. The van der Waals surface area contributed by atoms with Crippen molar-refractivity contribution in [2.45, 2.75) is 19.4 Å². The van der Waals surface area contributed by atoms with Gasteiger partial charge in [-0.05, 0) is 30.7 Å². The summed E-state index contributed by atoms with van der Waals surface area (Å²) in [4.78, 5) is 11.5. The maximum absolute atomic E-state index is 11.5. The minimum atomic E-state index is -0.322. The fourth-order valence-electron chi connectivity index (χ4n) is 1.40. The van der Waals surface area contributed by atoms with Crippen molar-refractivity contribution in [3.8, 4) is 5.75 Å². The molecule has 1 rings (SSSR count). The molecule has 0 saturated carbocycles. The summed E-state index contributed by atoms with van der Waals surface area (Å²) >= 11 is 0. The molecule has 0 saturated heterocycles. The van der Waals surface area contributed by atoms with Gasteiger partial charge in [0.2, 0.25) is 5.91 Å². The Morgan fingerprint density at radius 1 is 1.53 bits per heavy atom. The van der Waals surface area contributed by atoms with Gasteiger partial charge in [-0.1, -0.05) is 6.92 Å². The lowest BCUT2D eigenvalue weighted by atomic mass is 10.1. The molecule has 1 amide bonds. The lowest BCUT2D eigenvalue weighted by Gasteiger charge is -2.11. The van der Waals surface area contributed by atoms with Crippen molar-refractivity contribution in [3.63, 3.8) is 0 Å². The number of benzene rings is 1. The number of carbonyl (C=O) groups is 1. The van der Waals surface area contributed by atoms with Gasteiger partial charge < -0.3 is 21.3 Å². The van der Waals surface area contributed by atoms with Crippen LogP contribution in [0.15, 0.2) is 24.3 Å². The van der Waals surface area contributed by atoms with E-state index in [1.807, 2.05) is 6.92 Å². The van der Waals surface area contributed by atoms with Gasteiger partial charge in [-0.3, -0.25) is 4.79 Å². The number of phenolic OH excluding ortho intramolecular Hbond substituents is 1. The average molecular weight is 287 g/mol. The predicted octanol–water partition coefficient (Wildman–Crippen LogP) is 1.30. The molecule has 1 unspecified atom stereocenters. The predicted molar refractivity (Wildman–Crippen MR) is 78.1 cm³/mol. The number of aromatic hydroxyl groups is 1. The Labute approximate surface area is 118 Å². The molecule has 1 aromatic carbocycles. The third-order valence-electron chi connectivity index (χ3n) is 2.53. The van der Waals surface area contributed by atoms with Gasteiger partial charge in [0.1, 0.15) is 5.75 Å². The first-order valence-corrected chi connectivity index (χ1v) is 5.74. The number of nitrogen functional groups attached to an aromatic ring is 1. The number of amides is 1. The van der Waals surface area contributed by atoms with Crippen molar-refractivity contribution in [3.05, 3.63) is 29.8 Å². The van der Waals surface area contributed by atoms with Crippen LogP contribution in [0.2, 0.25) is 0 Å². The summed E-state index contributed by atoms with van der Waals surface area (Å²) in [5.74, 6) is -0.264. The zero-order valence-corrected chi connectivity index (χ0v) is 11.5. The van der Waals surface area contributed by atoms with Gasteiger partial charge >= 0.3 is 0 Å². The van der Waals surface area contributed by atoms with Crippen LogP contribution >= 0.6 is 12.4 Å². The summed E-state index contributed by atoms with van der Waals surface area (Å²) in [6, 6.07) is 4.36. The lowest BCUT2D eigenvalue weighted by molar-refractivity contribution is -0.117. The van der Waals surface area contributed by atoms with E-state index in [-0.39, 0.29) is 36.7 Å². The highest BCUT2D eigenvalue weighted by Gasteiger charge is 2.06. The van der Waals surface area contributed by atoms with Gasteiger partial charge in [0.25, 0.3) is 0 Å². The summed E-state index contributed by atoms with van der Waals surface area (Å²) < 4.78 is 0. The molecule has 5 N–H and O–H groups in total. The number of halogens is 1. The SMILES string of the molecule is CCC(CO)NC(=O)/C=C/c1cc(N)ccc1O.Cl. The Morgan fingerprint density at radius 2 is 2.21 bits per heavy atom. The van der Waals surface area contributed by atoms with E-state index < -0.39 is 0 Å². The maximum Gasteiger partial charge on any atom is 0.244 e. The van der Waals surface area contributed by atoms with Crippen molar-refractivity contribution in [1.82, 2.24) is 5.32 Å². The number of nitrogens with one attached hydrogen (secondary N) is 1. The van der Waals surface area contributed by atoms with Gasteiger partial charge in [-0.25, -0.2) is 0 Å². The highest BCUT2D eigenvalue weighted by atomic mass is 35.5. The van der Waals surface area contributed by atoms with Crippen LogP contribution < -0.4 is 11.1 Å². The molecule has 0 aliphatic rings. The van der Waals surface area contributed by atoms with Crippen molar-refractivity contribution < 1.29 is 15.0 Å². The fraction of sp³-hybridized carbons (Fsp3) is 0.308. The molecular formula is C13H19ClN2O3. The van der Waals surface area contributed by atoms with E-state index in [0.717, 1.165) is 0 Å². The second kappa shape index (κ2) is 8.39. The molecule has 1 aromatic rings. The molecule has 0 aliphatic carbocycles. The van der Waals surface area contributed by atoms with Crippen LogP contribution in [0.4, 0.5) is 5.69 Å².